The number of rotatable bonds is 0. The molecule has 0 radical (unpaired) electrons. The van der Waals surface area contributed by atoms with Crippen LogP contribution in [0.15, 0.2) is 48.7 Å². The summed E-state index contributed by atoms with van der Waals surface area (Å²) in [5, 5.41) is 2.43. The summed E-state index contributed by atoms with van der Waals surface area (Å²) in [7, 11) is 0. The van der Waals surface area contributed by atoms with Crippen LogP contribution in [0, 0.1) is 0 Å². The van der Waals surface area contributed by atoms with E-state index in [1.165, 1.54) is 0 Å². The number of nitrogens with zero attached hydrogens (tertiary/aromatic N) is 1. The van der Waals surface area contributed by atoms with E-state index in [1.807, 2.05) is 36.4 Å². The molecule has 0 saturated carbocycles. The van der Waals surface area contributed by atoms with E-state index < -0.39 is 0 Å². The molecule has 1 aromatic heterocycles. The maximum atomic E-state index is 12.6. The number of halogens is 1. The third-order valence-electron chi connectivity index (χ3n) is 3.53. The third kappa shape index (κ3) is 1.32. The summed E-state index contributed by atoms with van der Waals surface area (Å²) in [4.78, 5) is 17.0. The average Bonchev–Trinajstić information content (AvgIpc) is 2.44. The van der Waals surface area contributed by atoms with Crippen molar-refractivity contribution in [2.24, 2.45) is 0 Å². The number of hydrogen-bond acceptors (Lipinski definition) is 2. The first kappa shape index (κ1) is 10.7. The van der Waals surface area contributed by atoms with Gasteiger partial charge in [0, 0.05) is 22.7 Å². The molecule has 2 nitrogen and oxygen atoms in total. The van der Waals surface area contributed by atoms with Gasteiger partial charge in [-0.1, -0.05) is 41.9 Å². The van der Waals surface area contributed by atoms with Gasteiger partial charge in [-0.15, -0.1) is 0 Å². The predicted molar refractivity (Wildman–Crippen MR) is 75.6 cm³/mol. The van der Waals surface area contributed by atoms with Crippen molar-refractivity contribution in [2.45, 2.75) is 0 Å². The fraction of sp³-hybridized carbons (Fsp3) is 0. The predicted octanol–water partition coefficient (Wildman–Crippen LogP) is 4.10. The van der Waals surface area contributed by atoms with Crippen LogP contribution in [0.1, 0.15) is 15.9 Å². The Bertz CT molecular complexity index is 849. The first-order valence-corrected chi connectivity index (χ1v) is 6.36. The van der Waals surface area contributed by atoms with Crippen molar-refractivity contribution in [3.63, 3.8) is 0 Å². The van der Waals surface area contributed by atoms with Crippen LogP contribution < -0.4 is 0 Å². The van der Waals surface area contributed by atoms with Gasteiger partial charge in [0.15, 0.2) is 5.78 Å². The molecule has 0 amide bonds. The SMILES string of the molecule is O=C1c2c(Cl)cccc2-c2nccc3cccc1c23. The Labute approximate surface area is 114 Å². The largest absolute Gasteiger partial charge is 0.289 e. The maximum absolute atomic E-state index is 12.6. The molecule has 1 aliphatic rings. The lowest BCUT2D eigenvalue weighted by Crippen LogP contribution is -2.11. The van der Waals surface area contributed by atoms with Crippen molar-refractivity contribution >= 4 is 28.2 Å². The van der Waals surface area contributed by atoms with Crippen LogP contribution in [0.3, 0.4) is 0 Å². The van der Waals surface area contributed by atoms with Crippen LogP contribution in [0.2, 0.25) is 5.02 Å². The summed E-state index contributed by atoms with van der Waals surface area (Å²) < 4.78 is 0. The molecule has 1 aliphatic carbocycles. The topological polar surface area (TPSA) is 30.0 Å². The number of hydrogen-bond donors (Lipinski definition) is 0. The second-order valence-electron chi connectivity index (χ2n) is 4.55. The number of pyridine rings is 1. The van der Waals surface area contributed by atoms with Crippen molar-refractivity contribution in [2.75, 3.05) is 0 Å². The van der Waals surface area contributed by atoms with Gasteiger partial charge in [0.25, 0.3) is 0 Å². The smallest absolute Gasteiger partial charge is 0.195 e. The van der Waals surface area contributed by atoms with Crippen molar-refractivity contribution in [1.29, 1.82) is 0 Å². The van der Waals surface area contributed by atoms with Crippen LogP contribution in [-0.4, -0.2) is 10.8 Å². The monoisotopic (exact) mass is 265 g/mol. The average molecular weight is 266 g/mol. The molecular formula is C16H8ClNO. The van der Waals surface area contributed by atoms with Gasteiger partial charge in [-0.2, -0.15) is 0 Å². The zero-order chi connectivity index (χ0) is 13.0. The number of fused-ring (bicyclic) bond motifs is 2. The molecule has 2 aromatic carbocycles. The van der Waals surface area contributed by atoms with Gasteiger partial charge >= 0.3 is 0 Å². The first-order valence-electron chi connectivity index (χ1n) is 5.98. The third-order valence-corrected chi connectivity index (χ3v) is 3.85. The quantitative estimate of drug-likeness (QED) is 0.479. The number of carbonyl (C=O) groups excluding carboxylic acids is 1. The van der Waals surface area contributed by atoms with Gasteiger partial charge in [-0.05, 0) is 17.5 Å². The van der Waals surface area contributed by atoms with Crippen LogP contribution in [0.4, 0.5) is 0 Å². The molecule has 0 bridgehead atoms. The highest BCUT2D eigenvalue weighted by molar-refractivity contribution is 6.38. The second kappa shape index (κ2) is 3.65. The second-order valence-corrected chi connectivity index (χ2v) is 4.96. The minimum atomic E-state index is -0.0216. The molecule has 3 aromatic rings. The van der Waals surface area contributed by atoms with Gasteiger partial charge in [0.05, 0.1) is 16.3 Å². The van der Waals surface area contributed by atoms with Gasteiger partial charge < -0.3 is 0 Å². The van der Waals surface area contributed by atoms with Crippen LogP contribution in [0.5, 0.6) is 0 Å². The molecule has 0 saturated heterocycles. The van der Waals surface area contributed by atoms with Gasteiger partial charge in [-0.25, -0.2) is 0 Å². The Hall–Kier alpha value is -2.19. The molecule has 0 aliphatic heterocycles. The van der Waals surface area contributed by atoms with Crippen LogP contribution in [-0.2, 0) is 0 Å². The minimum Gasteiger partial charge on any atom is -0.289 e. The summed E-state index contributed by atoms with van der Waals surface area (Å²) in [5.41, 5.74) is 2.90. The van der Waals surface area contributed by atoms with Gasteiger partial charge in [0.1, 0.15) is 0 Å². The molecule has 1 heterocycles. The molecule has 0 N–H and O–H groups in total. The van der Waals surface area contributed by atoms with E-state index in [4.69, 9.17) is 11.6 Å². The summed E-state index contributed by atoms with van der Waals surface area (Å²) in [5.74, 6) is -0.0216. The Morgan fingerprint density at radius 2 is 1.74 bits per heavy atom. The lowest BCUT2D eigenvalue weighted by atomic mass is 9.86. The fourth-order valence-corrected chi connectivity index (χ4v) is 2.97. The van der Waals surface area contributed by atoms with E-state index in [2.05, 4.69) is 4.98 Å². The van der Waals surface area contributed by atoms with Crippen molar-refractivity contribution < 1.29 is 4.79 Å². The van der Waals surface area contributed by atoms with Crippen molar-refractivity contribution in [3.8, 4) is 11.3 Å². The summed E-state index contributed by atoms with van der Waals surface area (Å²) >= 11 is 6.19. The van der Waals surface area contributed by atoms with E-state index in [9.17, 15) is 4.79 Å². The van der Waals surface area contributed by atoms with E-state index in [-0.39, 0.29) is 5.78 Å². The molecule has 4 rings (SSSR count). The highest BCUT2D eigenvalue weighted by atomic mass is 35.5. The number of aromatic nitrogens is 1. The van der Waals surface area contributed by atoms with Crippen molar-refractivity contribution in [3.05, 3.63) is 64.8 Å². The lowest BCUT2D eigenvalue weighted by Gasteiger charge is -2.19. The summed E-state index contributed by atoms with van der Waals surface area (Å²) in [6.45, 7) is 0. The molecule has 0 unspecified atom stereocenters. The summed E-state index contributed by atoms with van der Waals surface area (Å²) in [6.07, 6.45) is 1.77. The molecule has 3 heteroatoms. The van der Waals surface area contributed by atoms with Crippen LogP contribution >= 0.6 is 11.6 Å². The molecule has 19 heavy (non-hydrogen) atoms. The Balaban J connectivity index is 2.28. The summed E-state index contributed by atoms with van der Waals surface area (Å²) in [6, 6.07) is 13.1. The van der Waals surface area contributed by atoms with Crippen LogP contribution in [0.25, 0.3) is 22.0 Å². The Morgan fingerprint density at radius 1 is 0.947 bits per heavy atom. The minimum absolute atomic E-state index is 0.0216. The van der Waals surface area contributed by atoms with E-state index >= 15 is 0 Å². The van der Waals surface area contributed by atoms with E-state index in [0.717, 1.165) is 22.0 Å². The van der Waals surface area contributed by atoms with E-state index in [1.54, 1.807) is 12.3 Å². The van der Waals surface area contributed by atoms with Gasteiger partial charge in [-0.3, -0.25) is 9.78 Å². The highest BCUT2D eigenvalue weighted by Gasteiger charge is 2.27. The lowest BCUT2D eigenvalue weighted by molar-refractivity contribution is 0.104. The number of carbonyl (C=O) groups is 1. The molecule has 0 spiro atoms. The van der Waals surface area contributed by atoms with E-state index in [0.29, 0.717) is 16.1 Å². The zero-order valence-corrected chi connectivity index (χ0v) is 10.6. The standard InChI is InChI=1S/C16H8ClNO/c17-12-6-2-4-10-14(12)16(19)11-5-1-3-9-7-8-18-15(10)13(9)11/h1-8H. The Morgan fingerprint density at radius 3 is 2.63 bits per heavy atom. The maximum Gasteiger partial charge on any atom is 0.195 e. The Kier molecular flexibility index (Phi) is 2.06. The normalized spacial score (nSPS) is 12.6. The van der Waals surface area contributed by atoms with Crippen molar-refractivity contribution in [1.82, 2.24) is 4.98 Å². The molecular weight excluding hydrogens is 258 g/mol. The number of benzene rings is 2. The highest BCUT2D eigenvalue weighted by Crippen LogP contribution is 2.40. The first-order chi connectivity index (χ1) is 9.27. The zero-order valence-electron chi connectivity index (χ0n) is 9.85. The molecule has 0 atom stereocenters. The molecule has 90 valence electrons. The van der Waals surface area contributed by atoms with Gasteiger partial charge in [0.2, 0.25) is 0 Å². The number of ketones is 1. The fourth-order valence-electron chi connectivity index (χ4n) is 2.71. The molecule has 0 fully saturated rings.